The van der Waals surface area contributed by atoms with Gasteiger partial charge in [-0.25, -0.2) is 0 Å². The van der Waals surface area contributed by atoms with Crippen LogP contribution in [0.5, 0.6) is 0 Å². The van der Waals surface area contributed by atoms with E-state index in [2.05, 4.69) is 260 Å². The van der Waals surface area contributed by atoms with E-state index in [1.165, 1.54) is 0 Å². The van der Waals surface area contributed by atoms with E-state index >= 15 is 0 Å². The first kappa shape index (κ1) is 64.9. The van der Waals surface area contributed by atoms with Gasteiger partial charge < -0.3 is 36.3 Å². The van der Waals surface area contributed by atoms with Gasteiger partial charge in [-0.15, -0.1) is 0 Å². The molecule has 2 aliphatic heterocycles. The second kappa shape index (κ2) is 24.3. The van der Waals surface area contributed by atoms with E-state index in [0.717, 1.165) is 106 Å². The zero-order valence-electron chi connectivity index (χ0n) is 53.5. The fourth-order valence-electron chi connectivity index (χ4n) is 12.5. The van der Waals surface area contributed by atoms with Crippen LogP contribution in [0.25, 0.3) is 0 Å². The van der Waals surface area contributed by atoms with Gasteiger partial charge in [0.2, 0.25) is 0 Å². The molecule has 0 saturated carbocycles. The van der Waals surface area contributed by atoms with Crippen molar-refractivity contribution >= 4 is 58.4 Å². The highest BCUT2D eigenvalue weighted by Gasteiger charge is 2.54. The highest BCUT2D eigenvalue weighted by atomic mass is 28.4. The summed E-state index contributed by atoms with van der Waals surface area (Å²) in [4.78, 5) is 0. The van der Waals surface area contributed by atoms with Gasteiger partial charge in [-0.05, 0) is 210 Å². The smallest absolute Gasteiger partial charge is 0.401 e. The Kier molecular flexibility index (Phi) is 19.7. The minimum atomic E-state index is -2.24. The van der Waals surface area contributed by atoms with Gasteiger partial charge in [0.25, 0.3) is 0 Å². The van der Waals surface area contributed by atoms with Crippen LogP contribution in [0.2, 0.25) is 72.5 Å². The van der Waals surface area contributed by atoms with E-state index in [0.29, 0.717) is 0 Å². The molecule has 8 nitrogen and oxygen atoms in total. The predicted molar refractivity (Wildman–Crippen MR) is 347 cm³/mol. The SMILES string of the molecule is CC[Si](CC)(CC)OC1(c2ccc(B3OC(C)(C)C(C)(C)O3)cc2)C=CC(O[Si](CC)(CC)CC)(c2ccc(C3(O[Si](CC)(CC)CC)C=CC(O[Si](CC)(CC)CC)(c4ccc(B5OC(C)(C)C(C)(C)O5)cc4)C=C3)cc2)C=C1. The van der Waals surface area contributed by atoms with Crippen molar-refractivity contribution in [2.45, 2.75) is 256 Å². The summed E-state index contributed by atoms with van der Waals surface area (Å²) in [6.07, 6.45) is 18.7. The summed E-state index contributed by atoms with van der Waals surface area (Å²) in [5, 5.41) is 0. The van der Waals surface area contributed by atoms with Crippen molar-refractivity contribution in [1.82, 2.24) is 0 Å². The Hall–Kier alpha value is -2.70. The second-order valence-electron chi connectivity index (χ2n) is 25.9. The van der Waals surface area contributed by atoms with Gasteiger partial charge >= 0.3 is 14.2 Å². The number of hydrogen-bond donors (Lipinski definition) is 0. The van der Waals surface area contributed by atoms with Crippen molar-refractivity contribution < 1.29 is 36.3 Å². The Morgan fingerprint density at radius 2 is 0.425 bits per heavy atom. The fraction of sp³-hybridized carbons (Fsp3) is 0.606. The minimum Gasteiger partial charge on any atom is -0.401 e. The monoisotopic (exact) mass is 1160 g/mol. The summed E-state index contributed by atoms with van der Waals surface area (Å²) in [6.45, 7) is 44.7. The molecule has 2 heterocycles. The lowest BCUT2D eigenvalue weighted by Gasteiger charge is -2.46. The third-order valence-electron chi connectivity index (χ3n) is 21.1. The molecular formula is C66H104B2O8Si4. The molecule has 0 aromatic heterocycles. The highest BCUT2D eigenvalue weighted by Crippen LogP contribution is 2.50. The summed E-state index contributed by atoms with van der Waals surface area (Å²) in [6, 6.07) is 39.1. The first-order chi connectivity index (χ1) is 37.7. The molecule has 2 saturated heterocycles. The molecule has 0 bridgehead atoms. The Bertz CT molecular complexity index is 2390. The van der Waals surface area contributed by atoms with Crippen molar-refractivity contribution in [1.29, 1.82) is 0 Å². The van der Waals surface area contributed by atoms with Crippen molar-refractivity contribution in [3.05, 3.63) is 144 Å². The third-order valence-corrected chi connectivity index (χ3v) is 39.7. The maximum Gasteiger partial charge on any atom is 0.494 e. The van der Waals surface area contributed by atoms with Gasteiger partial charge in [-0.3, -0.25) is 0 Å². The van der Waals surface area contributed by atoms with Crippen LogP contribution < -0.4 is 10.9 Å². The normalized spacial score (nSPS) is 26.2. The molecular weight excluding hydrogens is 1050 g/mol. The van der Waals surface area contributed by atoms with E-state index < -0.39 is 92.3 Å². The van der Waals surface area contributed by atoms with Crippen LogP contribution in [0.4, 0.5) is 0 Å². The molecule has 7 rings (SSSR count). The standard InChI is InChI=1S/C66H104B2O8Si4/c1-21-77(22-2,23-3)73-63(45-49-65(50-46-63,75-79(27-7,28-8)29-9)55-37-41-57(42-38-55)67-69-59(13,14)60(15,16)70-67)53-33-35-54(36-34-53)64(74-78(24-4,25-5)26-6)47-51-66(52-48-64,76-80(30-10,31-11)32-12)56-39-43-58(44-40-56)68-71-61(17,18)62(19,20)72-68/h33-52H,21-32H2,1-20H3. The van der Waals surface area contributed by atoms with Crippen molar-refractivity contribution in [2.75, 3.05) is 0 Å². The molecule has 0 amide bonds. The molecule has 3 aromatic rings. The first-order valence-corrected chi connectivity index (χ1v) is 41.4. The summed E-state index contributed by atoms with van der Waals surface area (Å²) >= 11 is 0. The van der Waals surface area contributed by atoms with Gasteiger partial charge in [0, 0.05) is 0 Å². The van der Waals surface area contributed by atoms with Gasteiger partial charge in [-0.2, -0.15) is 0 Å². The average molecular weight is 1160 g/mol. The number of rotatable bonds is 26. The maximum atomic E-state index is 7.83. The molecule has 0 spiro atoms. The maximum absolute atomic E-state index is 7.83. The number of benzene rings is 3. The lowest BCUT2D eigenvalue weighted by atomic mass is 9.76. The molecule has 3 aromatic carbocycles. The van der Waals surface area contributed by atoms with E-state index in [1.807, 2.05) is 0 Å². The molecule has 438 valence electrons. The van der Waals surface area contributed by atoms with Crippen molar-refractivity contribution in [2.24, 2.45) is 0 Å². The average Bonchev–Trinajstić information content (AvgIpc) is 3.90. The Morgan fingerprint density at radius 3 is 0.575 bits per heavy atom. The first-order valence-electron chi connectivity index (χ1n) is 31.3. The molecule has 0 N–H and O–H groups in total. The predicted octanol–water partition coefficient (Wildman–Crippen LogP) is 16.8. The van der Waals surface area contributed by atoms with Gasteiger partial charge in [-0.1, -0.05) is 156 Å². The molecule has 4 aliphatic rings. The zero-order valence-corrected chi connectivity index (χ0v) is 57.5. The van der Waals surface area contributed by atoms with Crippen molar-refractivity contribution in [3.63, 3.8) is 0 Å². The molecule has 2 fully saturated rings. The largest absolute Gasteiger partial charge is 0.494 e. The summed E-state index contributed by atoms with van der Waals surface area (Å²) in [7, 11) is -9.75. The third kappa shape index (κ3) is 12.1. The van der Waals surface area contributed by atoms with Crippen LogP contribution >= 0.6 is 0 Å². The summed E-state index contributed by atoms with van der Waals surface area (Å²) in [5.74, 6) is 0. The molecule has 0 unspecified atom stereocenters. The van der Waals surface area contributed by atoms with Crippen LogP contribution in [-0.4, -0.2) is 69.9 Å². The molecule has 14 heteroatoms. The molecule has 2 aliphatic carbocycles. The molecule has 0 atom stereocenters. The van der Waals surface area contributed by atoms with Crippen LogP contribution in [0, 0.1) is 0 Å². The quantitative estimate of drug-likeness (QED) is 0.0581. The van der Waals surface area contributed by atoms with Crippen LogP contribution in [0.3, 0.4) is 0 Å². The van der Waals surface area contributed by atoms with E-state index in [9.17, 15) is 0 Å². The minimum absolute atomic E-state index is 0.428. The fourth-order valence-corrected chi connectivity index (χ4v) is 24.2. The van der Waals surface area contributed by atoms with Gasteiger partial charge in [0.1, 0.15) is 22.4 Å². The highest BCUT2D eigenvalue weighted by molar-refractivity contribution is 6.75. The molecule has 80 heavy (non-hydrogen) atoms. The van der Waals surface area contributed by atoms with Crippen molar-refractivity contribution in [3.8, 4) is 0 Å². The lowest BCUT2D eigenvalue weighted by Crippen LogP contribution is -2.48. The van der Waals surface area contributed by atoms with Gasteiger partial charge in [0.15, 0.2) is 33.3 Å². The zero-order chi connectivity index (χ0) is 58.9. The lowest BCUT2D eigenvalue weighted by molar-refractivity contribution is 0.00578. The topological polar surface area (TPSA) is 73.8 Å². The summed E-state index contributed by atoms with van der Waals surface area (Å²) in [5.41, 5.74) is 1.47. The van der Waals surface area contributed by atoms with E-state index in [-0.39, 0.29) is 0 Å². The Balaban J connectivity index is 1.34. The Labute approximate surface area is 491 Å². The van der Waals surface area contributed by atoms with Gasteiger partial charge in [0.05, 0.1) is 22.4 Å². The Morgan fingerprint density at radius 1 is 0.275 bits per heavy atom. The van der Waals surface area contributed by atoms with E-state index in [1.54, 1.807) is 0 Å². The van der Waals surface area contributed by atoms with Crippen LogP contribution in [-0.2, 0) is 58.7 Å². The second-order valence-corrected chi connectivity index (χ2v) is 44.7. The number of hydrogen-bond acceptors (Lipinski definition) is 8. The van der Waals surface area contributed by atoms with Crippen LogP contribution in [0.1, 0.15) is 161 Å². The van der Waals surface area contributed by atoms with E-state index in [4.69, 9.17) is 36.3 Å². The summed E-state index contributed by atoms with van der Waals surface area (Å²) < 4.78 is 57.2. The molecule has 0 radical (unpaired) electrons. The van der Waals surface area contributed by atoms with Crippen LogP contribution in [0.15, 0.2) is 121 Å².